The van der Waals surface area contributed by atoms with Crippen LogP contribution in [0.2, 0.25) is 0 Å². The van der Waals surface area contributed by atoms with Crippen LogP contribution in [0.25, 0.3) is 0 Å². The highest BCUT2D eigenvalue weighted by molar-refractivity contribution is 7.89. The van der Waals surface area contributed by atoms with Gasteiger partial charge < -0.3 is 9.80 Å². The van der Waals surface area contributed by atoms with Crippen molar-refractivity contribution in [2.75, 3.05) is 37.6 Å². The molecule has 2 aliphatic heterocycles. The Morgan fingerprint density at radius 1 is 0.839 bits per heavy atom. The van der Waals surface area contributed by atoms with E-state index < -0.39 is 16.1 Å². The summed E-state index contributed by atoms with van der Waals surface area (Å²) in [6.45, 7) is 2.88. The summed E-state index contributed by atoms with van der Waals surface area (Å²) in [5, 5.41) is 0. The molecule has 0 bridgehead atoms. The number of benzene rings is 2. The lowest BCUT2D eigenvalue weighted by atomic mass is 10.0. The van der Waals surface area contributed by atoms with E-state index in [9.17, 15) is 17.6 Å². The van der Waals surface area contributed by atoms with Crippen LogP contribution in [0.4, 0.5) is 10.1 Å². The molecule has 0 N–H and O–H groups in total. The minimum Gasteiger partial charge on any atom is -0.370 e. The van der Waals surface area contributed by atoms with Crippen molar-refractivity contribution in [3.63, 3.8) is 0 Å². The maximum Gasteiger partial charge on any atom is 0.243 e. The summed E-state index contributed by atoms with van der Waals surface area (Å²) in [5.41, 5.74) is 0.932. The molecule has 2 heterocycles. The molecule has 166 valence electrons. The average molecular weight is 446 g/mol. The quantitative estimate of drug-likeness (QED) is 0.726. The largest absolute Gasteiger partial charge is 0.370 e. The molecular formula is C23H28FN3O3S. The number of sulfonamides is 1. The number of hydrogen-bond donors (Lipinski definition) is 0. The predicted molar refractivity (Wildman–Crippen MR) is 118 cm³/mol. The second-order valence-electron chi connectivity index (χ2n) is 8.08. The number of piperidine rings is 1. The highest BCUT2D eigenvalue weighted by Gasteiger charge is 2.39. The van der Waals surface area contributed by atoms with E-state index in [1.807, 2.05) is 0 Å². The summed E-state index contributed by atoms with van der Waals surface area (Å²) in [5.74, 6) is -0.382. The van der Waals surface area contributed by atoms with Crippen molar-refractivity contribution < 1.29 is 17.6 Å². The zero-order chi connectivity index (χ0) is 21.8. The fourth-order valence-corrected chi connectivity index (χ4v) is 6.10. The van der Waals surface area contributed by atoms with Gasteiger partial charge in [-0.2, -0.15) is 4.31 Å². The van der Waals surface area contributed by atoms with Gasteiger partial charge in [-0.1, -0.05) is 24.6 Å². The first-order valence-corrected chi connectivity index (χ1v) is 12.3. The molecule has 2 aromatic carbocycles. The van der Waals surface area contributed by atoms with E-state index in [1.165, 1.54) is 16.4 Å². The van der Waals surface area contributed by atoms with Gasteiger partial charge in [0.2, 0.25) is 15.9 Å². The van der Waals surface area contributed by atoms with Crippen LogP contribution in [0.5, 0.6) is 0 Å². The van der Waals surface area contributed by atoms with Gasteiger partial charge in [0.05, 0.1) is 4.90 Å². The molecule has 31 heavy (non-hydrogen) atoms. The van der Waals surface area contributed by atoms with Gasteiger partial charge in [-0.05, 0) is 55.7 Å². The highest BCUT2D eigenvalue weighted by atomic mass is 32.2. The number of hydrogen-bond acceptors (Lipinski definition) is 4. The first kappa shape index (κ1) is 21.8. The normalized spacial score (nSPS) is 21.0. The van der Waals surface area contributed by atoms with E-state index >= 15 is 0 Å². The summed E-state index contributed by atoms with van der Waals surface area (Å²) in [4.78, 5) is 17.6. The van der Waals surface area contributed by atoms with Crippen molar-refractivity contribution in [2.24, 2.45) is 0 Å². The molecular weight excluding hydrogens is 417 g/mol. The van der Waals surface area contributed by atoms with Crippen LogP contribution in [0, 0.1) is 5.82 Å². The SMILES string of the molecule is O=C(C1CCCCN1S(=O)(=O)c1ccccc1)N1CCCN(c2ccc(F)cc2)CC1. The number of rotatable bonds is 4. The standard InChI is InChI=1S/C23H28FN3O3S/c24-19-10-12-20(13-11-19)25-14-6-15-26(18-17-25)23(28)22-9-4-5-16-27(22)31(29,30)21-7-2-1-3-8-21/h1-3,7-8,10-13,22H,4-6,9,14-18H2. The Kier molecular flexibility index (Phi) is 6.57. The number of nitrogens with zero attached hydrogens (tertiary/aromatic N) is 3. The third-order valence-electron chi connectivity index (χ3n) is 6.09. The molecule has 2 fully saturated rings. The fourth-order valence-electron chi connectivity index (χ4n) is 4.43. The maximum absolute atomic E-state index is 13.4. The molecule has 2 saturated heterocycles. The third-order valence-corrected chi connectivity index (χ3v) is 8.01. The topological polar surface area (TPSA) is 60.9 Å². The van der Waals surface area contributed by atoms with Gasteiger partial charge in [-0.15, -0.1) is 0 Å². The minimum atomic E-state index is -3.72. The second-order valence-corrected chi connectivity index (χ2v) is 9.97. The molecule has 0 radical (unpaired) electrons. The monoisotopic (exact) mass is 445 g/mol. The van der Waals surface area contributed by atoms with Crippen LogP contribution in [0.3, 0.4) is 0 Å². The van der Waals surface area contributed by atoms with Crippen LogP contribution in [-0.4, -0.2) is 62.3 Å². The minimum absolute atomic E-state index is 0.111. The van der Waals surface area contributed by atoms with Crippen molar-refractivity contribution in [3.05, 3.63) is 60.4 Å². The Labute approximate surface area is 183 Å². The van der Waals surface area contributed by atoms with E-state index in [-0.39, 0.29) is 16.6 Å². The lowest BCUT2D eigenvalue weighted by Crippen LogP contribution is -2.53. The molecule has 0 spiro atoms. The first-order valence-electron chi connectivity index (χ1n) is 10.8. The molecule has 8 heteroatoms. The smallest absolute Gasteiger partial charge is 0.243 e. The van der Waals surface area contributed by atoms with Crippen molar-refractivity contribution in [2.45, 2.75) is 36.6 Å². The summed E-state index contributed by atoms with van der Waals surface area (Å²) < 4.78 is 41.1. The fraction of sp³-hybridized carbons (Fsp3) is 0.435. The molecule has 0 saturated carbocycles. The molecule has 2 aliphatic rings. The zero-order valence-electron chi connectivity index (χ0n) is 17.5. The van der Waals surface area contributed by atoms with Gasteiger partial charge in [0.25, 0.3) is 0 Å². The van der Waals surface area contributed by atoms with Gasteiger partial charge in [0, 0.05) is 38.4 Å². The van der Waals surface area contributed by atoms with Gasteiger partial charge in [-0.3, -0.25) is 4.79 Å². The van der Waals surface area contributed by atoms with Crippen molar-refractivity contribution in [1.82, 2.24) is 9.21 Å². The summed E-state index contributed by atoms with van der Waals surface area (Å²) in [6, 6.07) is 14.1. The van der Waals surface area contributed by atoms with E-state index in [0.717, 1.165) is 31.5 Å². The Bertz CT molecular complexity index is 998. The molecule has 0 aliphatic carbocycles. The number of halogens is 1. The van der Waals surface area contributed by atoms with Crippen molar-refractivity contribution >= 4 is 21.6 Å². The van der Waals surface area contributed by atoms with E-state index in [0.29, 0.717) is 32.6 Å². The highest BCUT2D eigenvalue weighted by Crippen LogP contribution is 2.27. The number of anilines is 1. The second kappa shape index (κ2) is 9.36. The lowest BCUT2D eigenvalue weighted by Gasteiger charge is -2.36. The Morgan fingerprint density at radius 3 is 2.32 bits per heavy atom. The van der Waals surface area contributed by atoms with Crippen molar-refractivity contribution in [1.29, 1.82) is 0 Å². The van der Waals surface area contributed by atoms with Crippen molar-refractivity contribution in [3.8, 4) is 0 Å². The maximum atomic E-state index is 13.4. The van der Waals surface area contributed by atoms with Gasteiger partial charge >= 0.3 is 0 Å². The van der Waals surface area contributed by atoms with Crippen LogP contribution in [0.15, 0.2) is 59.5 Å². The zero-order valence-corrected chi connectivity index (χ0v) is 18.3. The van der Waals surface area contributed by atoms with Gasteiger partial charge in [-0.25, -0.2) is 12.8 Å². The Balaban J connectivity index is 1.49. The van der Waals surface area contributed by atoms with E-state index in [2.05, 4.69) is 4.90 Å². The van der Waals surface area contributed by atoms with Crippen LogP contribution in [-0.2, 0) is 14.8 Å². The molecule has 2 aromatic rings. The first-order chi connectivity index (χ1) is 15.0. The Hall–Kier alpha value is -2.45. The third kappa shape index (κ3) is 4.75. The van der Waals surface area contributed by atoms with E-state index in [4.69, 9.17) is 0 Å². The number of carbonyl (C=O) groups excluding carboxylic acids is 1. The molecule has 4 rings (SSSR count). The van der Waals surface area contributed by atoms with Crippen LogP contribution >= 0.6 is 0 Å². The Morgan fingerprint density at radius 2 is 1.58 bits per heavy atom. The number of amides is 1. The van der Waals surface area contributed by atoms with Gasteiger partial charge in [0.1, 0.15) is 11.9 Å². The average Bonchev–Trinajstić information content (AvgIpc) is 3.06. The summed E-state index contributed by atoms with van der Waals surface area (Å²) in [6.07, 6.45) is 2.92. The molecule has 1 atom stereocenters. The molecule has 1 amide bonds. The molecule has 1 unspecified atom stereocenters. The van der Waals surface area contributed by atoms with Gasteiger partial charge in [0.15, 0.2) is 0 Å². The molecule has 0 aromatic heterocycles. The summed E-state index contributed by atoms with van der Waals surface area (Å²) >= 11 is 0. The number of carbonyl (C=O) groups is 1. The van der Waals surface area contributed by atoms with Crippen LogP contribution in [0.1, 0.15) is 25.7 Å². The summed E-state index contributed by atoms with van der Waals surface area (Å²) in [7, 11) is -3.72. The molecule has 6 nitrogen and oxygen atoms in total. The lowest BCUT2D eigenvalue weighted by molar-refractivity contribution is -0.136. The van der Waals surface area contributed by atoms with Crippen LogP contribution < -0.4 is 4.90 Å². The van der Waals surface area contributed by atoms with E-state index in [1.54, 1.807) is 47.4 Å². The predicted octanol–water partition coefficient (Wildman–Crippen LogP) is 3.11.